The summed E-state index contributed by atoms with van der Waals surface area (Å²) in [4.78, 5) is 11.6. The number of benzene rings is 1. The lowest BCUT2D eigenvalue weighted by molar-refractivity contribution is -0.115. The van der Waals surface area contributed by atoms with Crippen molar-refractivity contribution in [3.8, 4) is 5.75 Å². The van der Waals surface area contributed by atoms with Crippen molar-refractivity contribution in [3.05, 3.63) is 18.2 Å². The second-order valence-electron chi connectivity index (χ2n) is 5.11. The van der Waals surface area contributed by atoms with Crippen molar-refractivity contribution in [2.24, 2.45) is 0 Å². The Kier molecular flexibility index (Phi) is 5.42. The van der Waals surface area contributed by atoms with E-state index < -0.39 is 10.0 Å². The second kappa shape index (κ2) is 7.11. The number of carbonyl (C=O) groups excluding carboxylic acids is 1. The van der Waals surface area contributed by atoms with Gasteiger partial charge in [0.2, 0.25) is 15.9 Å². The third-order valence-corrected chi connectivity index (χ3v) is 5.45. The summed E-state index contributed by atoms with van der Waals surface area (Å²) in [7, 11) is -3.60. The molecular formula is C15H22N2O4S. The molecule has 1 saturated heterocycles. The van der Waals surface area contributed by atoms with E-state index in [-0.39, 0.29) is 10.8 Å². The Bertz CT molecular complexity index is 637. The molecule has 1 aliphatic heterocycles. The van der Waals surface area contributed by atoms with Crippen LogP contribution >= 0.6 is 0 Å². The summed E-state index contributed by atoms with van der Waals surface area (Å²) in [6, 6.07) is 4.73. The quantitative estimate of drug-likeness (QED) is 0.869. The molecule has 0 saturated carbocycles. The van der Waals surface area contributed by atoms with E-state index in [1.807, 2.05) is 0 Å². The zero-order valence-electron chi connectivity index (χ0n) is 13.0. The molecule has 0 radical (unpaired) electrons. The summed E-state index contributed by atoms with van der Waals surface area (Å²) in [5.74, 6) is 0.164. The van der Waals surface area contributed by atoms with Gasteiger partial charge in [-0.05, 0) is 38.0 Å². The molecule has 6 nitrogen and oxygen atoms in total. The van der Waals surface area contributed by atoms with Gasteiger partial charge in [-0.3, -0.25) is 4.79 Å². The molecule has 1 N–H and O–H groups in total. The third-order valence-electron chi connectivity index (χ3n) is 3.53. The van der Waals surface area contributed by atoms with Gasteiger partial charge in [0.05, 0.1) is 6.61 Å². The van der Waals surface area contributed by atoms with Crippen LogP contribution in [0.1, 0.15) is 33.1 Å². The summed E-state index contributed by atoms with van der Waals surface area (Å²) in [6.07, 6.45) is 2.08. The van der Waals surface area contributed by atoms with Gasteiger partial charge in [0, 0.05) is 25.2 Å². The fourth-order valence-electron chi connectivity index (χ4n) is 2.38. The second-order valence-corrected chi connectivity index (χ2v) is 7.01. The molecule has 1 fully saturated rings. The van der Waals surface area contributed by atoms with Crippen LogP contribution in [0.5, 0.6) is 5.75 Å². The molecule has 1 aliphatic rings. The van der Waals surface area contributed by atoms with Crippen molar-refractivity contribution in [1.82, 2.24) is 4.31 Å². The van der Waals surface area contributed by atoms with Crippen LogP contribution in [-0.2, 0) is 14.8 Å². The molecule has 22 heavy (non-hydrogen) atoms. The van der Waals surface area contributed by atoms with Crippen molar-refractivity contribution < 1.29 is 17.9 Å². The minimum absolute atomic E-state index is 0.116. The predicted octanol–water partition coefficient (Wildman–Crippen LogP) is 2.22. The number of sulfonamides is 1. The maximum Gasteiger partial charge on any atom is 0.246 e. The molecule has 0 aliphatic carbocycles. The Labute approximate surface area is 131 Å². The first-order chi connectivity index (χ1) is 10.5. The molecule has 0 unspecified atom stereocenters. The average Bonchev–Trinajstić information content (AvgIpc) is 3.04. The Hall–Kier alpha value is -1.60. The fourth-order valence-corrected chi connectivity index (χ4v) is 4.05. The molecule has 7 heteroatoms. The number of nitrogens with zero attached hydrogens (tertiary/aromatic N) is 1. The van der Waals surface area contributed by atoms with E-state index in [0.29, 0.717) is 37.6 Å². The number of carbonyl (C=O) groups is 1. The lowest BCUT2D eigenvalue weighted by atomic mass is 10.3. The van der Waals surface area contributed by atoms with Crippen LogP contribution in [0.3, 0.4) is 0 Å². The first-order valence-electron chi connectivity index (χ1n) is 7.56. The number of hydrogen-bond donors (Lipinski definition) is 1. The molecule has 1 amide bonds. The van der Waals surface area contributed by atoms with E-state index >= 15 is 0 Å². The zero-order valence-corrected chi connectivity index (χ0v) is 13.8. The highest BCUT2D eigenvalue weighted by Crippen LogP contribution is 2.31. The summed E-state index contributed by atoms with van der Waals surface area (Å²) in [5, 5.41) is 2.69. The van der Waals surface area contributed by atoms with Crippen LogP contribution in [0.15, 0.2) is 23.1 Å². The summed E-state index contributed by atoms with van der Waals surface area (Å²) >= 11 is 0. The number of ether oxygens (including phenoxy) is 1. The maximum absolute atomic E-state index is 12.8. The highest BCUT2D eigenvalue weighted by molar-refractivity contribution is 7.89. The number of anilines is 1. The van der Waals surface area contributed by atoms with Crippen LogP contribution in [0.4, 0.5) is 5.69 Å². The highest BCUT2D eigenvalue weighted by atomic mass is 32.2. The molecule has 0 atom stereocenters. The van der Waals surface area contributed by atoms with Crippen molar-refractivity contribution >= 4 is 21.6 Å². The van der Waals surface area contributed by atoms with Gasteiger partial charge in [0.1, 0.15) is 10.6 Å². The number of rotatable bonds is 6. The SMILES string of the molecule is CCOc1ccc(NC(=O)CC)cc1S(=O)(=O)N1CCCC1. The first kappa shape index (κ1) is 16.8. The Morgan fingerprint density at radius 1 is 1.27 bits per heavy atom. The third kappa shape index (κ3) is 3.59. The highest BCUT2D eigenvalue weighted by Gasteiger charge is 2.30. The van der Waals surface area contributed by atoms with Crippen LogP contribution in [0, 0.1) is 0 Å². The molecule has 0 spiro atoms. The molecule has 1 heterocycles. The van der Waals surface area contributed by atoms with Gasteiger partial charge in [0.15, 0.2) is 0 Å². The van der Waals surface area contributed by atoms with E-state index in [2.05, 4.69) is 5.32 Å². The summed E-state index contributed by atoms with van der Waals surface area (Å²) < 4.78 is 32.5. The lowest BCUT2D eigenvalue weighted by Crippen LogP contribution is -2.28. The van der Waals surface area contributed by atoms with Gasteiger partial charge >= 0.3 is 0 Å². The topological polar surface area (TPSA) is 75.7 Å². The standard InChI is InChI=1S/C15H22N2O4S/c1-3-15(18)16-12-7-8-13(21-4-2)14(11-12)22(19,20)17-9-5-6-10-17/h7-8,11H,3-6,9-10H2,1-2H3,(H,16,18). The van der Waals surface area contributed by atoms with Gasteiger partial charge in [-0.25, -0.2) is 8.42 Å². The van der Waals surface area contributed by atoms with E-state index in [1.165, 1.54) is 10.4 Å². The van der Waals surface area contributed by atoms with Gasteiger partial charge < -0.3 is 10.1 Å². The van der Waals surface area contributed by atoms with Crippen molar-refractivity contribution in [2.45, 2.75) is 38.0 Å². The molecular weight excluding hydrogens is 304 g/mol. The van der Waals surface area contributed by atoms with Crippen LogP contribution in [-0.4, -0.2) is 38.3 Å². The average molecular weight is 326 g/mol. The van der Waals surface area contributed by atoms with E-state index in [1.54, 1.807) is 26.0 Å². The minimum atomic E-state index is -3.60. The number of hydrogen-bond acceptors (Lipinski definition) is 4. The van der Waals surface area contributed by atoms with Crippen molar-refractivity contribution in [3.63, 3.8) is 0 Å². The molecule has 2 rings (SSSR count). The predicted molar refractivity (Wildman–Crippen MR) is 84.5 cm³/mol. The van der Waals surface area contributed by atoms with E-state index in [9.17, 15) is 13.2 Å². The number of amides is 1. The van der Waals surface area contributed by atoms with Crippen molar-refractivity contribution in [2.75, 3.05) is 25.0 Å². The minimum Gasteiger partial charge on any atom is -0.492 e. The van der Waals surface area contributed by atoms with E-state index in [4.69, 9.17) is 4.74 Å². The number of nitrogens with one attached hydrogen (secondary N) is 1. The summed E-state index contributed by atoms with van der Waals surface area (Å²) in [5.41, 5.74) is 0.466. The molecule has 0 aromatic heterocycles. The van der Waals surface area contributed by atoms with Crippen LogP contribution in [0.25, 0.3) is 0 Å². The van der Waals surface area contributed by atoms with Crippen LogP contribution in [0.2, 0.25) is 0 Å². The van der Waals surface area contributed by atoms with Crippen LogP contribution < -0.4 is 10.1 Å². The Balaban J connectivity index is 2.40. The van der Waals surface area contributed by atoms with Gasteiger partial charge in [-0.15, -0.1) is 0 Å². The van der Waals surface area contributed by atoms with Gasteiger partial charge in [0.25, 0.3) is 0 Å². The fraction of sp³-hybridized carbons (Fsp3) is 0.533. The Morgan fingerprint density at radius 2 is 1.95 bits per heavy atom. The molecule has 1 aromatic carbocycles. The zero-order chi connectivity index (χ0) is 16.2. The maximum atomic E-state index is 12.8. The monoisotopic (exact) mass is 326 g/mol. The molecule has 0 bridgehead atoms. The summed E-state index contributed by atoms with van der Waals surface area (Å²) in [6.45, 7) is 4.98. The first-order valence-corrected chi connectivity index (χ1v) is 9.00. The molecule has 122 valence electrons. The lowest BCUT2D eigenvalue weighted by Gasteiger charge is -2.19. The Morgan fingerprint density at radius 3 is 2.55 bits per heavy atom. The normalized spacial score (nSPS) is 15.7. The smallest absolute Gasteiger partial charge is 0.246 e. The van der Waals surface area contributed by atoms with Gasteiger partial charge in [-0.1, -0.05) is 6.92 Å². The molecule has 1 aromatic rings. The largest absolute Gasteiger partial charge is 0.492 e. The van der Waals surface area contributed by atoms with Gasteiger partial charge in [-0.2, -0.15) is 4.31 Å². The van der Waals surface area contributed by atoms with E-state index in [0.717, 1.165) is 12.8 Å². The van der Waals surface area contributed by atoms with Crippen molar-refractivity contribution in [1.29, 1.82) is 0 Å².